The lowest BCUT2D eigenvalue weighted by molar-refractivity contribution is -0.119. The van der Waals surface area contributed by atoms with Crippen molar-refractivity contribution in [2.24, 2.45) is 5.92 Å². The van der Waals surface area contributed by atoms with Gasteiger partial charge in [0.1, 0.15) is 0 Å². The second-order valence-corrected chi connectivity index (χ2v) is 3.45. The zero-order valence-corrected chi connectivity index (χ0v) is 8.30. The summed E-state index contributed by atoms with van der Waals surface area (Å²) in [6.45, 7) is 1.09. The lowest BCUT2D eigenvalue weighted by Crippen LogP contribution is -2.41. The van der Waals surface area contributed by atoms with Crippen LogP contribution in [0.2, 0.25) is 0 Å². The first kappa shape index (κ1) is 10.5. The molecule has 76 valence electrons. The number of amides is 1. The summed E-state index contributed by atoms with van der Waals surface area (Å²) in [5.41, 5.74) is 0. The number of likely N-dealkylation sites (N-methyl/N-ethyl adjacent to an activating group) is 1. The molecular weight excluding hydrogens is 168 g/mol. The molecule has 1 rings (SSSR count). The van der Waals surface area contributed by atoms with Crippen molar-refractivity contribution in [1.29, 1.82) is 0 Å². The second kappa shape index (κ2) is 5.19. The van der Waals surface area contributed by atoms with Crippen LogP contribution in [0.15, 0.2) is 0 Å². The van der Waals surface area contributed by atoms with Gasteiger partial charge < -0.3 is 15.4 Å². The summed E-state index contributed by atoms with van der Waals surface area (Å²) in [7, 11) is 3.34. The van der Waals surface area contributed by atoms with Crippen LogP contribution in [0.3, 0.4) is 0 Å². The van der Waals surface area contributed by atoms with Crippen molar-refractivity contribution >= 4 is 5.91 Å². The normalized spacial score (nSPS) is 18.3. The number of rotatable bonds is 6. The van der Waals surface area contributed by atoms with Crippen molar-refractivity contribution in [3.05, 3.63) is 0 Å². The average molecular weight is 186 g/mol. The molecule has 0 bridgehead atoms. The van der Waals surface area contributed by atoms with Crippen LogP contribution in [0.4, 0.5) is 0 Å². The van der Waals surface area contributed by atoms with Crippen LogP contribution in [-0.4, -0.2) is 39.3 Å². The van der Waals surface area contributed by atoms with Crippen LogP contribution in [-0.2, 0) is 9.53 Å². The van der Waals surface area contributed by atoms with E-state index in [1.807, 2.05) is 0 Å². The van der Waals surface area contributed by atoms with E-state index in [-0.39, 0.29) is 5.91 Å². The van der Waals surface area contributed by atoms with Gasteiger partial charge in [-0.25, -0.2) is 0 Å². The first-order chi connectivity index (χ1) is 6.27. The van der Waals surface area contributed by atoms with Crippen LogP contribution in [0.1, 0.15) is 12.8 Å². The molecule has 13 heavy (non-hydrogen) atoms. The zero-order chi connectivity index (χ0) is 9.68. The Labute approximate surface area is 79.0 Å². The third-order valence-corrected chi connectivity index (χ3v) is 2.34. The Bertz CT molecular complexity index is 169. The third kappa shape index (κ3) is 3.74. The fourth-order valence-electron chi connectivity index (χ4n) is 1.35. The van der Waals surface area contributed by atoms with E-state index in [1.165, 1.54) is 12.8 Å². The molecule has 1 aliphatic carbocycles. The van der Waals surface area contributed by atoms with Gasteiger partial charge in [0.2, 0.25) is 5.91 Å². The van der Waals surface area contributed by atoms with Gasteiger partial charge in [0.05, 0.1) is 13.2 Å². The van der Waals surface area contributed by atoms with Crippen LogP contribution in [0.5, 0.6) is 0 Å². The maximum absolute atomic E-state index is 10.9. The van der Waals surface area contributed by atoms with E-state index in [9.17, 15) is 4.79 Å². The highest BCUT2D eigenvalue weighted by molar-refractivity contribution is 5.77. The van der Waals surface area contributed by atoms with Crippen molar-refractivity contribution in [2.75, 3.05) is 27.3 Å². The quantitative estimate of drug-likeness (QED) is 0.601. The molecule has 0 saturated heterocycles. The van der Waals surface area contributed by atoms with Crippen LogP contribution >= 0.6 is 0 Å². The Hall–Kier alpha value is -0.610. The first-order valence-electron chi connectivity index (χ1n) is 4.70. The summed E-state index contributed by atoms with van der Waals surface area (Å²) in [6, 6.07) is 0.349. The number of hydrogen-bond acceptors (Lipinski definition) is 3. The van der Waals surface area contributed by atoms with Gasteiger partial charge in [0.15, 0.2) is 0 Å². The molecule has 0 heterocycles. The minimum Gasteiger partial charge on any atom is -0.383 e. The Morgan fingerprint density at radius 2 is 2.31 bits per heavy atom. The molecular formula is C9H18N2O2. The Morgan fingerprint density at radius 1 is 1.62 bits per heavy atom. The Morgan fingerprint density at radius 3 is 2.77 bits per heavy atom. The topological polar surface area (TPSA) is 50.4 Å². The molecule has 0 aliphatic heterocycles. The third-order valence-electron chi connectivity index (χ3n) is 2.34. The molecule has 0 radical (unpaired) electrons. The molecule has 1 atom stereocenters. The van der Waals surface area contributed by atoms with Crippen molar-refractivity contribution in [2.45, 2.75) is 18.9 Å². The van der Waals surface area contributed by atoms with E-state index in [0.29, 0.717) is 25.1 Å². The highest BCUT2D eigenvalue weighted by atomic mass is 16.5. The van der Waals surface area contributed by atoms with Crippen molar-refractivity contribution in [3.8, 4) is 0 Å². The van der Waals surface area contributed by atoms with Crippen LogP contribution in [0.25, 0.3) is 0 Å². The summed E-state index contributed by atoms with van der Waals surface area (Å²) >= 11 is 0. The van der Waals surface area contributed by atoms with E-state index < -0.39 is 0 Å². The SMILES string of the molecule is CNC(=O)CNC(COC)C1CC1. The van der Waals surface area contributed by atoms with Gasteiger partial charge in [-0.2, -0.15) is 0 Å². The average Bonchev–Trinajstić information content (AvgIpc) is 2.94. The van der Waals surface area contributed by atoms with Crippen molar-refractivity contribution < 1.29 is 9.53 Å². The standard InChI is InChI=1S/C9H18N2O2/c1-10-9(12)5-11-8(6-13-2)7-3-4-7/h7-8,11H,3-6H2,1-2H3,(H,10,12). The molecule has 1 aliphatic rings. The van der Waals surface area contributed by atoms with Gasteiger partial charge in [-0.05, 0) is 18.8 Å². The van der Waals surface area contributed by atoms with Crippen LogP contribution in [0, 0.1) is 5.92 Å². The molecule has 4 nitrogen and oxygen atoms in total. The summed E-state index contributed by atoms with van der Waals surface area (Å²) in [5, 5.41) is 5.78. The molecule has 1 saturated carbocycles. The number of methoxy groups -OCH3 is 1. The van der Waals surface area contributed by atoms with Gasteiger partial charge in [-0.1, -0.05) is 0 Å². The summed E-state index contributed by atoms with van der Waals surface area (Å²) in [6.07, 6.45) is 2.52. The number of ether oxygens (including phenoxy) is 1. The summed E-state index contributed by atoms with van der Waals surface area (Å²) in [5.74, 6) is 0.742. The van der Waals surface area contributed by atoms with E-state index in [1.54, 1.807) is 14.2 Å². The number of carbonyl (C=O) groups excluding carboxylic acids is 1. The maximum Gasteiger partial charge on any atom is 0.233 e. The molecule has 2 N–H and O–H groups in total. The fraction of sp³-hybridized carbons (Fsp3) is 0.889. The molecule has 1 amide bonds. The predicted molar refractivity (Wildman–Crippen MR) is 50.5 cm³/mol. The Kier molecular flexibility index (Phi) is 4.18. The van der Waals surface area contributed by atoms with E-state index in [2.05, 4.69) is 10.6 Å². The molecule has 0 aromatic carbocycles. The minimum absolute atomic E-state index is 0.0294. The minimum atomic E-state index is 0.0294. The van der Waals surface area contributed by atoms with E-state index in [4.69, 9.17) is 4.74 Å². The van der Waals surface area contributed by atoms with E-state index in [0.717, 1.165) is 0 Å². The van der Waals surface area contributed by atoms with E-state index >= 15 is 0 Å². The van der Waals surface area contributed by atoms with Gasteiger partial charge in [0.25, 0.3) is 0 Å². The molecule has 1 fully saturated rings. The van der Waals surface area contributed by atoms with Crippen LogP contribution < -0.4 is 10.6 Å². The lowest BCUT2D eigenvalue weighted by atomic mass is 10.2. The largest absolute Gasteiger partial charge is 0.383 e. The Balaban J connectivity index is 2.17. The highest BCUT2D eigenvalue weighted by Gasteiger charge is 2.30. The van der Waals surface area contributed by atoms with Gasteiger partial charge in [-0.3, -0.25) is 4.79 Å². The molecule has 0 aromatic heterocycles. The number of carbonyl (C=O) groups is 1. The smallest absolute Gasteiger partial charge is 0.233 e. The van der Waals surface area contributed by atoms with Gasteiger partial charge >= 0.3 is 0 Å². The van der Waals surface area contributed by atoms with Gasteiger partial charge in [0, 0.05) is 20.2 Å². The lowest BCUT2D eigenvalue weighted by Gasteiger charge is -2.16. The maximum atomic E-state index is 10.9. The second-order valence-electron chi connectivity index (χ2n) is 3.45. The first-order valence-corrected chi connectivity index (χ1v) is 4.70. The molecule has 0 spiro atoms. The number of nitrogens with one attached hydrogen (secondary N) is 2. The fourth-order valence-corrected chi connectivity index (χ4v) is 1.35. The highest BCUT2D eigenvalue weighted by Crippen LogP contribution is 2.32. The number of hydrogen-bond donors (Lipinski definition) is 2. The summed E-state index contributed by atoms with van der Waals surface area (Å²) < 4.78 is 5.08. The van der Waals surface area contributed by atoms with Gasteiger partial charge in [-0.15, -0.1) is 0 Å². The predicted octanol–water partition coefficient (Wildman–Crippen LogP) is -0.253. The molecule has 4 heteroatoms. The molecule has 0 aromatic rings. The van der Waals surface area contributed by atoms with Crippen molar-refractivity contribution in [1.82, 2.24) is 10.6 Å². The molecule has 1 unspecified atom stereocenters. The summed E-state index contributed by atoms with van der Waals surface area (Å²) in [4.78, 5) is 10.9. The van der Waals surface area contributed by atoms with Crippen molar-refractivity contribution in [3.63, 3.8) is 0 Å². The zero-order valence-electron chi connectivity index (χ0n) is 8.30. The monoisotopic (exact) mass is 186 g/mol.